The first kappa shape index (κ1) is 21.5. The molecular weight excluding hydrogens is 502 g/mol. The number of hydrogen-bond acceptors (Lipinski definition) is 5. The van der Waals surface area contributed by atoms with Gasteiger partial charge < -0.3 is 9.47 Å². The summed E-state index contributed by atoms with van der Waals surface area (Å²) >= 11 is 6.80. The lowest BCUT2D eigenvalue weighted by molar-refractivity contribution is -0.134. The van der Waals surface area contributed by atoms with Crippen LogP contribution in [-0.4, -0.2) is 17.8 Å². The lowest BCUT2D eigenvalue weighted by Crippen LogP contribution is -2.06. The van der Waals surface area contributed by atoms with Crippen LogP contribution in [0.2, 0.25) is 0 Å². The summed E-state index contributed by atoms with van der Waals surface area (Å²) in [5.41, 5.74) is 2.85. The van der Waals surface area contributed by atoms with Crippen molar-refractivity contribution >= 4 is 55.8 Å². The van der Waals surface area contributed by atoms with Crippen LogP contribution in [0.25, 0.3) is 6.08 Å². The lowest BCUT2D eigenvalue weighted by atomic mass is 10.0. The van der Waals surface area contributed by atoms with Crippen molar-refractivity contribution in [2.24, 2.45) is 4.99 Å². The summed E-state index contributed by atoms with van der Waals surface area (Å²) in [7, 11) is 0. The van der Waals surface area contributed by atoms with E-state index in [4.69, 9.17) is 9.47 Å². The van der Waals surface area contributed by atoms with Crippen molar-refractivity contribution < 1.29 is 19.1 Å². The van der Waals surface area contributed by atoms with Gasteiger partial charge in [0.15, 0.2) is 11.4 Å². The molecule has 2 aromatic rings. The Bertz CT molecular complexity index is 1000. The molecule has 3 rings (SSSR count). The molecule has 5 nitrogen and oxygen atoms in total. The number of cyclic esters (lactones) is 1. The second-order valence-corrected chi connectivity index (χ2v) is 8.46. The molecular formula is C22H19Br2NO4. The zero-order chi connectivity index (χ0) is 21.1. The van der Waals surface area contributed by atoms with Gasteiger partial charge in [0.2, 0.25) is 5.90 Å². The summed E-state index contributed by atoms with van der Waals surface area (Å²) in [6, 6.07) is 11.3. The number of halogens is 2. The number of nitrogens with zero attached hydrogens (tertiary/aromatic N) is 1. The maximum Gasteiger partial charge on any atom is 0.363 e. The van der Waals surface area contributed by atoms with Crippen LogP contribution in [0.5, 0.6) is 5.75 Å². The van der Waals surface area contributed by atoms with Crippen molar-refractivity contribution in [1.29, 1.82) is 0 Å². The van der Waals surface area contributed by atoms with Crippen LogP contribution in [0.4, 0.5) is 0 Å². The van der Waals surface area contributed by atoms with E-state index < -0.39 is 5.97 Å². The molecule has 0 radical (unpaired) electrons. The fourth-order valence-electron chi connectivity index (χ4n) is 2.65. The average Bonchev–Trinajstić information content (AvgIpc) is 3.05. The highest BCUT2D eigenvalue weighted by molar-refractivity contribution is 9.11. The Labute approximate surface area is 186 Å². The molecule has 2 aromatic carbocycles. The van der Waals surface area contributed by atoms with Crippen LogP contribution in [0, 0.1) is 0 Å². The maximum absolute atomic E-state index is 12.3. The first-order chi connectivity index (χ1) is 13.8. The Balaban J connectivity index is 1.88. The third kappa shape index (κ3) is 5.03. The normalized spacial score (nSPS) is 14.9. The van der Waals surface area contributed by atoms with Gasteiger partial charge in [0.05, 0.1) is 8.95 Å². The van der Waals surface area contributed by atoms with Crippen molar-refractivity contribution in [3.8, 4) is 5.75 Å². The minimum Gasteiger partial charge on any atom is -0.424 e. The molecule has 29 heavy (non-hydrogen) atoms. The van der Waals surface area contributed by atoms with Crippen LogP contribution in [0.1, 0.15) is 49.8 Å². The van der Waals surface area contributed by atoms with Gasteiger partial charge in [0.25, 0.3) is 0 Å². The second-order valence-electron chi connectivity index (χ2n) is 6.75. The molecule has 7 heteroatoms. The van der Waals surface area contributed by atoms with Gasteiger partial charge in [-0.15, -0.1) is 0 Å². The van der Waals surface area contributed by atoms with E-state index in [1.54, 1.807) is 25.1 Å². The number of carbonyl (C=O) groups excluding carboxylic acids is 2. The van der Waals surface area contributed by atoms with Crippen LogP contribution in [-0.2, 0) is 14.3 Å². The molecule has 0 aromatic heterocycles. The van der Waals surface area contributed by atoms with Gasteiger partial charge in [-0.05, 0) is 79.2 Å². The van der Waals surface area contributed by atoms with Gasteiger partial charge in [-0.25, -0.2) is 9.79 Å². The summed E-state index contributed by atoms with van der Waals surface area (Å²) in [4.78, 5) is 28.2. The number of rotatable bonds is 5. The summed E-state index contributed by atoms with van der Waals surface area (Å²) < 4.78 is 11.8. The highest BCUT2D eigenvalue weighted by Gasteiger charge is 2.24. The number of ether oxygens (including phenoxy) is 2. The van der Waals surface area contributed by atoms with E-state index in [1.165, 1.54) is 5.56 Å². The number of benzene rings is 2. The molecule has 0 atom stereocenters. The van der Waals surface area contributed by atoms with Gasteiger partial charge in [0.1, 0.15) is 0 Å². The molecule has 1 aliphatic heterocycles. The number of hydrogen-bond donors (Lipinski definition) is 0. The van der Waals surface area contributed by atoms with E-state index in [2.05, 4.69) is 50.7 Å². The molecule has 0 spiro atoms. The minimum atomic E-state index is -0.512. The highest BCUT2D eigenvalue weighted by Crippen LogP contribution is 2.36. The Morgan fingerprint density at radius 2 is 1.79 bits per heavy atom. The van der Waals surface area contributed by atoms with Gasteiger partial charge in [-0.1, -0.05) is 32.9 Å². The van der Waals surface area contributed by atoms with Crippen molar-refractivity contribution in [1.82, 2.24) is 0 Å². The number of carbonyl (C=O) groups is 2. The summed E-state index contributed by atoms with van der Waals surface area (Å²) in [5.74, 6) is 0.242. The first-order valence-corrected chi connectivity index (χ1v) is 10.7. The molecule has 0 saturated carbocycles. The summed E-state index contributed by atoms with van der Waals surface area (Å²) in [5, 5.41) is 0. The molecule has 0 bridgehead atoms. The van der Waals surface area contributed by atoms with Gasteiger partial charge in [-0.2, -0.15) is 0 Å². The molecule has 0 N–H and O–H groups in total. The van der Waals surface area contributed by atoms with E-state index in [0.29, 0.717) is 26.2 Å². The minimum absolute atomic E-state index is 0.199. The van der Waals surface area contributed by atoms with E-state index in [1.807, 2.05) is 24.3 Å². The Kier molecular flexibility index (Phi) is 6.70. The van der Waals surface area contributed by atoms with Crippen LogP contribution < -0.4 is 4.74 Å². The fraction of sp³-hybridized carbons (Fsp3) is 0.227. The third-order valence-corrected chi connectivity index (χ3v) is 5.45. The molecule has 1 aliphatic rings. The quantitative estimate of drug-likeness (QED) is 0.275. The van der Waals surface area contributed by atoms with Crippen LogP contribution in [0.3, 0.4) is 0 Å². The predicted octanol–water partition coefficient (Wildman–Crippen LogP) is 5.99. The van der Waals surface area contributed by atoms with Gasteiger partial charge in [-0.3, -0.25) is 4.79 Å². The van der Waals surface area contributed by atoms with Crippen molar-refractivity contribution in [2.75, 3.05) is 0 Å². The topological polar surface area (TPSA) is 65.0 Å². The molecule has 150 valence electrons. The van der Waals surface area contributed by atoms with E-state index >= 15 is 0 Å². The number of esters is 2. The second kappa shape index (κ2) is 9.05. The molecule has 0 aliphatic carbocycles. The van der Waals surface area contributed by atoms with Crippen LogP contribution >= 0.6 is 31.9 Å². The molecule has 0 amide bonds. The molecule has 0 fully saturated rings. The monoisotopic (exact) mass is 519 g/mol. The summed E-state index contributed by atoms with van der Waals surface area (Å²) in [6.45, 7) is 5.96. The van der Waals surface area contributed by atoms with Crippen molar-refractivity contribution in [3.63, 3.8) is 0 Å². The summed E-state index contributed by atoms with van der Waals surface area (Å²) in [6.07, 6.45) is 1.89. The fourth-order valence-corrected chi connectivity index (χ4v) is 4.03. The van der Waals surface area contributed by atoms with Gasteiger partial charge >= 0.3 is 11.9 Å². The smallest absolute Gasteiger partial charge is 0.363 e. The predicted molar refractivity (Wildman–Crippen MR) is 119 cm³/mol. The maximum atomic E-state index is 12.3. The number of aliphatic imine (C=N–C) groups is 1. The molecule has 1 heterocycles. The van der Waals surface area contributed by atoms with Crippen molar-refractivity contribution in [2.45, 2.75) is 33.1 Å². The Hall–Kier alpha value is -2.25. The Morgan fingerprint density at radius 3 is 2.34 bits per heavy atom. The molecule has 0 saturated heterocycles. The van der Waals surface area contributed by atoms with Crippen molar-refractivity contribution in [3.05, 3.63) is 67.7 Å². The largest absolute Gasteiger partial charge is 0.424 e. The zero-order valence-electron chi connectivity index (χ0n) is 16.2. The lowest BCUT2D eigenvalue weighted by Gasteiger charge is -2.09. The Morgan fingerprint density at radius 1 is 1.17 bits per heavy atom. The van der Waals surface area contributed by atoms with E-state index in [9.17, 15) is 9.59 Å². The van der Waals surface area contributed by atoms with E-state index in [0.717, 1.165) is 5.56 Å². The van der Waals surface area contributed by atoms with Crippen LogP contribution in [0.15, 0.2) is 56.0 Å². The third-order valence-electron chi connectivity index (χ3n) is 4.27. The SMILES string of the molecule is CCC(=O)Oc1c(Br)cc(/C=C2\N=C(c3ccc(C(C)C)cc3)OC2=O)cc1Br. The average molecular weight is 521 g/mol. The zero-order valence-corrected chi connectivity index (χ0v) is 19.3. The molecule has 0 unspecified atom stereocenters. The van der Waals surface area contributed by atoms with E-state index in [-0.39, 0.29) is 24.0 Å². The van der Waals surface area contributed by atoms with Gasteiger partial charge in [0, 0.05) is 12.0 Å². The standard InChI is InChI=1S/C22H19Br2NO4/c1-4-19(26)28-20-16(23)9-13(10-17(20)24)11-18-22(27)29-21(25-18)15-7-5-14(6-8-15)12(2)3/h5-12H,4H2,1-3H3/b18-11-. The highest BCUT2D eigenvalue weighted by atomic mass is 79.9. The first-order valence-electron chi connectivity index (χ1n) is 9.11.